The van der Waals surface area contributed by atoms with Crippen LogP contribution in [0.4, 0.5) is 0 Å². The molecule has 2 fully saturated rings. The Kier molecular flexibility index (Phi) is 5.88. The molecule has 1 heterocycles. The maximum absolute atomic E-state index is 6.01. The van der Waals surface area contributed by atoms with Crippen LogP contribution in [0.15, 0.2) is 30.3 Å². The van der Waals surface area contributed by atoms with Crippen LogP contribution < -0.4 is 5.73 Å². The predicted molar refractivity (Wildman–Crippen MR) is 87.4 cm³/mol. The van der Waals surface area contributed by atoms with Gasteiger partial charge in [0.2, 0.25) is 0 Å². The van der Waals surface area contributed by atoms with Crippen LogP contribution >= 0.6 is 12.4 Å². The third-order valence-corrected chi connectivity index (χ3v) is 5.04. The number of hydrogen-bond donors (Lipinski definition) is 1. The number of hydrogen-bond acceptors (Lipinski definition) is 2. The molecule has 1 aromatic carbocycles. The average Bonchev–Trinajstić information content (AvgIpc) is 3.09. The summed E-state index contributed by atoms with van der Waals surface area (Å²) in [5.41, 5.74) is 7.48. The van der Waals surface area contributed by atoms with Crippen molar-refractivity contribution in [1.29, 1.82) is 0 Å². The highest BCUT2D eigenvalue weighted by Crippen LogP contribution is 2.34. The second-order valence-electron chi connectivity index (χ2n) is 6.38. The third-order valence-electron chi connectivity index (χ3n) is 5.04. The highest BCUT2D eigenvalue weighted by atomic mass is 35.5. The van der Waals surface area contributed by atoms with E-state index >= 15 is 0 Å². The van der Waals surface area contributed by atoms with E-state index in [2.05, 4.69) is 35.2 Å². The molecular weight excluding hydrogens is 268 g/mol. The van der Waals surface area contributed by atoms with E-state index in [1.54, 1.807) is 0 Å². The van der Waals surface area contributed by atoms with Gasteiger partial charge in [0, 0.05) is 25.6 Å². The zero-order chi connectivity index (χ0) is 13.1. The molecule has 20 heavy (non-hydrogen) atoms. The van der Waals surface area contributed by atoms with Gasteiger partial charge >= 0.3 is 0 Å². The third kappa shape index (κ3) is 3.55. The van der Waals surface area contributed by atoms with Crippen molar-refractivity contribution in [3.05, 3.63) is 35.9 Å². The van der Waals surface area contributed by atoms with Crippen LogP contribution in [-0.2, 0) is 0 Å². The van der Waals surface area contributed by atoms with E-state index < -0.39 is 0 Å². The Labute approximate surface area is 129 Å². The smallest absolute Gasteiger partial charge is 0.00541 e. The normalized spacial score (nSPS) is 27.6. The van der Waals surface area contributed by atoms with Gasteiger partial charge in [0.1, 0.15) is 0 Å². The van der Waals surface area contributed by atoms with Crippen molar-refractivity contribution in [2.45, 2.75) is 31.6 Å². The van der Waals surface area contributed by atoms with Crippen LogP contribution in [0, 0.1) is 11.8 Å². The van der Waals surface area contributed by atoms with Gasteiger partial charge in [-0.05, 0) is 36.8 Å². The lowest BCUT2D eigenvalue weighted by molar-refractivity contribution is 0.270. The predicted octanol–water partition coefficient (Wildman–Crippen LogP) is 3.27. The first kappa shape index (κ1) is 15.8. The largest absolute Gasteiger partial charge is 0.330 e. The number of rotatable bonds is 4. The lowest BCUT2D eigenvalue weighted by atomic mass is 9.89. The molecule has 0 spiro atoms. The van der Waals surface area contributed by atoms with Crippen molar-refractivity contribution in [2.24, 2.45) is 17.6 Å². The van der Waals surface area contributed by atoms with Gasteiger partial charge in [0.05, 0.1) is 0 Å². The Morgan fingerprint density at radius 3 is 2.40 bits per heavy atom. The van der Waals surface area contributed by atoms with Crippen molar-refractivity contribution in [2.75, 3.05) is 26.2 Å². The molecule has 2 N–H and O–H groups in total. The van der Waals surface area contributed by atoms with Crippen LogP contribution in [0.5, 0.6) is 0 Å². The SMILES string of the molecule is Cl.NC[C@@H]1CN(CC2CCCC2)C[C@H]1c1ccccc1. The molecule has 2 aliphatic rings. The zero-order valence-corrected chi connectivity index (χ0v) is 13.0. The fraction of sp³-hybridized carbons (Fsp3) is 0.647. The Balaban J connectivity index is 0.00000147. The molecule has 2 atom stereocenters. The first-order chi connectivity index (χ1) is 9.36. The van der Waals surface area contributed by atoms with E-state index in [0.717, 1.165) is 12.5 Å². The first-order valence-corrected chi connectivity index (χ1v) is 7.84. The van der Waals surface area contributed by atoms with Crippen molar-refractivity contribution in [1.82, 2.24) is 4.90 Å². The molecule has 1 aliphatic heterocycles. The van der Waals surface area contributed by atoms with E-state index in [1.807, 2.05) is 0 Å². The summed E-state index contributed by atoms with van der Waals surface area (Å²) in [6, 6.07) is 11.0. The molecule has 1 aliphatic carbocycles. The molecule has 0 unspecified atom stereocenters. The van der Waals surface area contributed by atoms with Crippen LogP contribution in [0.3, 0.4) is 0 Å². The van der Waals surface area contributed by atoms with Crippen LogP contribution in [-0.4, -0.2) is 31.1 Å². The second-order valence-corrected chi connectivity index (χ2v) is 6.38. The summed E-state index contributed by atoms with van der Waals surface area (Å²) in [5, 5.41) is 0. The summed E-state index contributed by atoms with van der Waals surface area (Å²) in [7, 11) is 0. The van der Waals surface area contributed by atoms with Gasteiger partial charge in [0.25, 0.3) is 0 Å². The molecule has 1 aromatic rings. The number of nitrogens with zero attached hydrogens (tertiary/aromatic N) is 1. The Bertz CT molecular complexity index is 389. The standard InChI is InChI=1S/C17H26N2.ClH/c18-10-16-12-19(11-14-6-4-5-7-14)13-17(16)15-8-2-1-3-9-15;/h1-3,8-9,14,16-17H,4-7,10-13,18H2;1H/t16-,17+;/m1./s1. The van der Waals surface area contributed by atoms with Gasteiger partial charge in [0.15, 0.2) is 0 Å². The molecule has 0 amide bonds. The first-order valence-electron chi connectivity index (χ1n) is 7.84. The molecule has 3 rings (SSSR count). The molecule has 1 saturated heterocycles. The van der Waals surface area contributed by atoms with Gasteiger partial charge in [-0.25, -0.2) is 0 Å². The van der Waals surface area contributed by atoms with Gasteiger partial charge in [-0.1, -0.05) is 43.2 Å². The summed E-state index contributed by atoms with van der Waals surface area (Å²) in [6.07, 6.45) is 5.78. The summed E-state index contributed by atoms with van der Waals surface area (Å²) < 4.78 is 0. The quantitative estimate of drug-likeness (QED) is 0.923. The second kappa shape index (κ2) is 7.44. The molecule has 1 saturated carbocycles. The number of nitrogens with two attached hydrogens (primary N) is 1. The molecular formula is C17H27ClN2. The minimum absolute atomic E-state index is 0. The van der Waals surface area contributed by atoms with Gasteiger partial charge in [-0.15, -0.1) is 12.4 Å². The van der Waals surface area contributed by atoms with Crippen molar-refractivity contribution in [3.63, 3.8) is 0 Å². The van der Waals surface area contributed by atoms with E-state index in [-0.39, 0.29) is 12.4 Å². The van der Waals surface area contributed by atoms with Crippen molar-refractivity contribution >= 4 is 12.4 Å². The Morgan fingerprint density at radius 1 is 1.05 bits per heavy atom. The molecule has 0 bridgehead atoms. The fourth-order valence-electron chi connectivity index (χ4n) is 3.98. The Hall–Kier alpha value is -0.570. The maximum Gasteiger partial charge on any atom is 0.00541 e. The molecule has 112 valence electrons. The van der Waals surface area contributed by atoms with E-state index in [9.17, 15) is 0 Å². The zero-order valence-electron chi connectivity index (χ0n) is 12.2. The summed E-state index contributed by atoms with van der Waals surface area (Å²) >= 11 is 0. The number of benzene rings is 1. The lowest BCUT2D eigenvalue weighted by Crippen LogP contribution is -2.27. The molecule has 3 heteroatoms. The summed E-state index contributed by atoms with van der Waals surface area (Å²) in [5.74, 6) is 2.24. The average molecular weight is 295 g/mol. The van der Waals surface area contributed by atoms with Crippen molar-refractivity contribution < 1.29 is 0 Å². The summed E-state index contributed by atoms with van der Waals surface area (Å²) in [4.78, 5) is 2.67. The number of likely N-dealkylation sites (tertiary alicyclic amines) is 1. The summed E-state index contributed by atoms with van der Waals surface area (Å²) in [6.45, 7) is 4.54. The van der Waals surface area contributed by atoms with Crippen molar-refractivity contribution in [3.8, 4) is 0 Å². The molecule has 0 radical (unpaired) electrons. The van der Waals surface area contributed by atoms with Crippen LogP contribution in [0.2, 0.25) is 0 Å². The highest BCUT2D eigenvalue weighted by Gasteiger charge is 2.33. The van der Waals surface area contributed by atoms with E-state index in [4.69, 9.17) is 5.73 Å². The van der Waals surface area contributed by atoms with Crippen LogP contribution in [0.1, 0.15) is 37.2 Å². The highest BCUT2D eigenvalue weighted by molar-refractivity contribution is 5.85. The lowest BCUT2D eigenvalue weighted by Gasteiger charge is -2.20. The Morgan fingerprint density at radius 2 is 1.75 bits per heavy atom. The molecule has 0 aromatic heterocycles. The monoisotopic (exact) mass is 294 g/mol. The van der Waals surface area contributed by atoms with Gasteiger partial charge in [-0.3, -0.25) is 0 Å². The van der Waals surface area contributed by atoms with E-state index in [0.29, 0.717) is 11.8 Å². The minimum atomic E-state index is 0. The van der Waals surface area contributed by atoms with Gasteiger partial charge < -0.3 is 10.6 Å². The minimum Gasteiger partial charge on any atom is -0.330 e. The van der Waals surface area contributed by atoms with E-state index in [1.165, 1.54) is 50.9 Å². The van der Waals surface area contributed by atoms with Gasteiger partial charge in [-0.2, -0.15) is 0 Å². The maximum atomic E-state index is 6.01. The van der Waals surface area contributed by atoms with Crippen LogP contribution in [0.25, 0.3) is 0 Å². The topological polar surface area (TPSA) is 29.3 Å². The number of halogens is 1. The molecule has 2 nitrogen and oxygen atoms in total. The fourth-order valence-corrected chi connectivity index (χ4v) is 3.98.